The van der Waals surface area contributed by atoms with Crippen LogP contribution in [-0.4, -0.2) is 29.2 Å². The normalized spacial score (nSPS) is 23.1. The fraction of sp³-hybridized carbons (Fsp3) is 0.312. The van der Waals surface area contributed by atoms with Crippen LogP contribution >= 0.6 is 15.9 Å². The van der Waals surface area contributed by atoms with Gasteiger partial charge in [-0.2, -0.15) is 0 Å². The summed E-state index contributed by atoms with van der Waals surface area (Å²) in [6.07, 6.45) is 4.81. The quantitative estimate of drug-likeness (QED) is 0.646. The van der Waals surface area contributed by atoms with Crippen molar-refractivity contribution in [2.24, 2.45) is 11.8 Å². The van der Waals surface area contributed by atoms with Crippen molar-refractivity contribution in [3.8, 4) is 0 Å². The largest absolute Gasteiger partial charge is 0.322 e. The fourth-order valence-corrected chi connectivity index (χ4v) is 3.28. The Balaban J connectivity index is 1.68. The van der Waals surface area contributed by atoms with Crippen LogP contribution in [0.4, 0.5) is 10.1 Å². The molecular weight excluding hydrogens is 367 g/mol. The van der Waals surface area contributed by atoms with Gasteiger partial charge in [-0.1, -0.05) is 28.1 Å². The van der Waals surface area contributed by atoms with Gasteiger partial charge in [0.1, 0.15) is 12.4 Å². The molecule has 1 aromatic carbocycles. The van der Waals surface area contributed by atoms with Crippen molar-refractivity contribution in [1.82, 2.24) is 4.90 Å². The molecule has 3 rings (SSSR count). The van der Waals surface area contributed by atoms with E-state index in [1.54, 1.807) is 6.07 Å². The topological polar surface area (TPSA) is 66.5 Å². The molecule has 0 saturated carbocycles. The zero-order chi connectivity index (χ0) is 16.6. The number of hydrogen-bond acceptors (Lipinski definition) is 3. The molecule has 0 bridgehead atoms. The number of fused-ring (bicyclic) bond motifs is 1. The first-order valence-corrected chi connectivity index (χ1v) is 8.02. The highest BCUT2D eigenvalue weighted by atomic mass is 79.9. The predicted molar refractivity (Wildman–Crippen MR) is 84.8 cm³/mol. The summed E-state index contributed by atoms with van der Waals surface area (Å²) in [5.74, 6) is -2.58. The minimum Gasteiger partial charge on any atom is -0.322 e. The monoisotopic (exact) mass is 380 g/mol. The van der Waals surface area contributed by atoms with Gasteiger partial charge >= 0.3 is 0 Å². The van der Waals surface area contributed by atoms with Gasteiger partial charge in [-0.25, -0.2) is 4.39 Å². The number of anilines is 1. The lowest BCUT2D eigenvalue weighted by molar-refractivity contribution is -0.142. The van der Waals surface area contributed by atoms with E-state index in [2.05, 4.69) is 21.2 Å². The number of carbonyl (C=O) groups is 3. The van der Waals surface area contributed by atoms with Crippen LogP contribution in [0.15, 0.2) is 34.8 Å². The van der Waals surface area contributed by atoms with Gasteiger partial charge in [0.2, 0.25) is 17.7 Å². The molecule has 23 heavy (non-hydrogen) atoms. The third kappa shape index (κ3) is 3.06. The molecule has 0 aromatic heterocycles. The molecule has 3 amide bonds. The Bertz CT molecular complexity index is 693. The molecule has 1 aromatic rings. The molecular formula is C16H14BrFN2O3. The Morgan fingerprint density at radius 2 is 1.83 bits per heavy atom. The van der Waals surface area contributed by atoms with Gasteiger partial charge in [0.15, 0.2) is 0 Å². The van der Waals surface area contributed by atoms with Crippen LogP contribution in [0.2, 0.25) is 0 Å². The number of hydrogen-bond donors (Lipinski definition) is 1. The van der Waals surface area contributed by atoms with Crippen LogP contribution in [0, 0.1) is 17.7 Å². The first kappa shape index (κ1) is 15.9. The first-order chi connectivity index (χ1) is 11.0. The summed E-state index contributed by atoms with van der Waals surface area (Å²) in [5.41, 5.74) is 0.0105. The van der Waals surface area contributed by atoms with E-state index in [0.29, 0.717) is 17.3 Å². The van der Waals surface area contributed by atoms with Crippen molar-refractivity contribution >= 4 is 39.3 Å². The Kier molecular flexibility index (Phi) is 4.30. The van der Waals surface area contributed by atoms with Crippen molar-refractivity contribution in [2.75, 3.05) is 11.9 Å². The Morgan fingerprint density at radius 1 is 1.22 bits per heavy atom. The van der Waals surface area contributed by atoms with E-state index < -0.39 is 11.7 Å². The summed E-state index contributed by atoms with van der Waals surface area (Å²) < 4.78 is 14.3. The maximum atomic E-state index is 13.7. The minimum absolute atomic E-state index is 0.0105. The third-order valence-electron chi connectivity index (χ3n) is 4.11. The minimum atomic E-state index is -0.598. The average molecular weight is 381 g/mol. The van der Waals surface area contributed by atoms with E-state index in [1.807, 2.05) is 12.2 Å². The van der Waals surface area contributed by atoms with Crippen molar-refractivity contribution in [2.45, 2.75) is 12.8 Å². The van der Waals surface area contributed by atoms with E-state index >= 15 is 0 Å². The number of carbonyl (C=O) groups excluding carboxylic acids is 3. The highest BCUT2D eigenvalue weighted by Gasteiger charge is 2.47. The number of nitrogens with zero attached hydrogens (tertiary/aromatic N) is 1. The molecule has 5 nitrogen and oxygen atoms in total. The summed E-state index contributed by atoms with van der Waals surface area (Å²) in [4.78, 5) is 37.6. The smallest absolute Gasteiger partial charge is 0.244 e. The summed E-state index contributed by atoms with van der Waals surface area (Å²) in [6, 6.07) is 4.22. The van der Waals surface area contributed by atoms with Crippen LogP contribution in [0.1, 0.15) is 12.8 Å². The maximum Gasteiger partial charge on any atom is 0.244 e. The number of allylic oxidation sites excluding steroid dienone is 2. The van der Waals surface area contributed by atoms with Crippen molar-refractivity contribution in [3.05, 3.63) is 40.6 Å². The predicted octanol–water partition coefficient (Wildman–Crippen LogP) is 2.48. The standard InChI is InChI=1S/C16H14BrFN2O3/c17-9-5-6-13(12(18)7-9)19-14(21)8-20-15(22)10-3-1-2-4-11(10)16(20)23/h1-2,5-7,10-11H,3-4,8H2,(H,19,21)/t10-,11+. The van der Waals surface area contributed by atoms with E-state index in [1.165, 1.54) is 12.1 Å². The lowest BCUT2D eigenvalue weighted by atomic mass is 9.85. The summed E-state index contributed by atoms with van der Waals surface area (Å²) >= 11 is 3.13. The van der Waals surface area contributed by atoms with Crippen LogP contribution < -0.4 is 5.32 Å². The van der Waals surface area contributed by atoms with E-state index in [-0.39, 0.29) is 35.9 Å². The molecule has 1 aliphatic heterocycles. The average Bonchev–Trinajstić information content (AvgIpc) is 2.76. The molecule has 1 saturated heterocycles. The van der Waals surface area contributed by atoms with Gasteiger partial charge in [0.25, 0.3) is 0 Å². The molecule has 0 radical (unpaired) electrons. The molecule has 1 aliphatic carbocycles. The molecule has 1 N–H and O–H groups in total. The summed E-state index contributed by atoms with van der Waals surface area (Å²) in [7, 11) is 0. The van der Waals surface area contributed by atoms with Crippen molar-refractivity contribution < 1.29 is 18.8 Å². The molecule has 120 valence electrons. The van der Waals surface area contributed by atoms with E-state index in [0.717, 1.165) is 4.90 Å². The van der Waals surface area contributed by atoms with Gasteiger partial charge in [0.05, 0.1) is 17.5 Å². The lowest BCUT2D eigenvalue weighted by Gasteiger charge is -2.14. The van der Waals surface area contributed by atoms with Gasteiger partial charge in [-0.05, 0) is 31.0 Å². The number of benzene rings is 1. The number of amides is 3. The van der Waals surface area contributed by atoms with Crippen LogP contribution in [0.25, 0.3) is 0 Å². The Hall–Kier alpha value is -2.02. The lowest BCUT2D eigenvalue weighted by Crippen LogP contribution is -2.38. The molecule has 2 aliphatic rings. The highest BCUT2D eigenvalue weighted by molar-refractivity contribution is 9.10. The Labute approximate surface area is 140 Å². The molecule has 2 atom stereocenters. The number of imide groups is 1. The van der Waals surface area contributed by atoms with Gasteiger partial charge < -0.3 is 5.32 Å². The molecule has 1 fully saturated rings. The van der Waals surface area contributed by atoms with Gasteiger partial charge in [0, 0.05) is 4.47 Å². The maximum absolute atomic E-state index is 13.7. The zero-order valence-electron chi connectivity index (χ0n) is 12.1. The van der Waals surface area contributed by atoms with Crippen molar-refractivity contribution in [3.63, 3.8) is 0 Å². The van der Waals surface area contributed by atoms with Crippen LogP contribution in [-0.2, 0) is 14.4 Å². The molecule has 1 heterocycles. The zero-order valence-corrected chi connectivity index (χ0v) is 13.7. The number of likely N-dealkylation sites (tertiary alicyclic amines) is 1. The number of nitrogens with one attached hydrogen (secondary N) is 1. The second kappa shape index (κ2) is 6.23. The van der Waals surface area contributed by atoms with Gasteiger partial charge in [-0.15, -0.1) is 0 Å². The van der Waals surface area contributed by atoms with E-state index in [9.17, 15) is 18.8 Å². The second-order valence-corrected chi connectivity index (χ2v) is 6.51. The Morgan fingerprint density at radius 3 is 2.39 bits per heavy atom. The third-order valence-corrected chi connectivity index (χ3v) is 4.60. The number of rotatable bonds is 3. The van der Waals surface area contributed by atoms with Crippen molar-refractivity contribution in [1.29, 1.82) is 0 Å². The number of halogens is 2. The SMILES string of the molecule is O=C(CN1C(=O)[C@H]2CC=CC[C@H]2C1=O)Nc1ccc(Br)cc1F. The summed E-state index contributed by atoms with van der Waals surface area (Å²) in [6.45, 7) is -0.389. The summed E-state index contributed by atoms with van der Waals surface area (Å²) in [5, 5.41) is 2.39. The van der Waals surface area contributed by atoms with E-state index in [4.69, 9.17) is 0 Å². The highest BCUT2D eigenvalue weighted by Crippen LogP contribution is 2.34. The van der Waals surface area contributed by atoms with Crippen LogP contribution in [0.3, 0.4) is 0 Å². The first-order valence-electron chi connectivity index (χ1n) is 7.22. The fourth-order valence-electron chi connectivity index (χ4n) is 2.95. The molecule has 0 unspecified atom stereocenters. The second-order valence-electron chi connectivity index (χ2n) is 5.59. The van der Waals surface area contributed by atoms with Crippen LogP contribution in [0.5, 0.6) is 0 Å². The molecule has 7 heteroatoms. The van der Waals surface area contributed by atoms with Gasteiger partial charge in [-0.3, -0.25) is 19.3 Å². The molecule has 0 spiro atoms.